The maximum atomic E-state index is 2.38. The normalized spacial score (nSPS) is 9.80. The maximum absolute atomic E-state index is 2.38. The number of nitrogens with zero attached hydrogens (tertiary/aromatic N) is 4. The molecule has 12 aromatic rings. The molecule has 0 saturated heterocycles. The van der Waals surface area contributed by atoms with Gasteiger partial charge in [-0.1, -0.05) is 310 Å². The molecule has 4 aromatic heterocycles. The van der Waals surface area contributed by atoms with Crippen molar-refractivity contribution in [1.82, 2.24) is 0 Å². The van der Waals surface area contributed by atoms with Crippen LogP contribution in [0.4, 0.5) is 0 Å². The van der Waals surface area contributed by atoms with E-state index in [1.165, 1.54) is 156 Å². The van der Waals surface area contributed by atoms with Crippen molar-refractivity contribution < 1.29 is 18.3 Å². The number of aromatic nitrogens is 4. The van der Waals surface area contributed by atoms with Gasteiger partial charge in [0, 0.05) is 70.8 Å². The monoisotopic (exact) mass is 1500 g/mol. The Balaban J connectivity index is -0.00000127. The third-order valence-electron chi connectivity index (χ3n) is 18.1. The van der Waals surface area contributed by atoms with Crippen LogP contribution in [0.25, 0.3) is 89.5 Å². The number of aryl methyl sites for hydroxylation is 6. The Labute approximate surface area is 683 Å². The van der Waals surface area contributed by atoms with Crippen LogP contribution in [0.1, 0.15) is 255 Å². The molecule has 8 aromatic carbocycles. The van der Waals surface area contributed by atoms with Crippen molar-refractivity contribution in [1.29, 1.82) is 0 Å². The first kappa shape index (κ1) is 106. The van der Waals surface area contributed by atoms with Gasteiger partial charge in [0.25, 0.3) is 0 Å². The molecule has 0 atom stereocenters. The Kier molecular flexibility index (Phi) is 55.4. The summed E-state index contributed by atoms with van der Waals surface area (Å²) in [6, 6.07) is 79.1. The minimum Gasteiger partial charge on any atom is -0.201 e. The zero-order valence-corrected chi connectivity index (χ0v) is 73.7. The zero-order chi connectivity index (χ0) is 81.6. The summed E-state index contributed by atoms with van der Waals surface area (Å²) < 4.78 is 8.76. The van der Waals surface area contributed by atoms with Crippen molar-refractivity contribution in [3.8, 4) is 89.5 Å². The standard InChI is InChI=1S/4C20H18N.12C2H6.3CH4/c1-14-16(20-9-5-6-12-21(20)2)10-11-18-17-8-4-3-7-15(17)13-19(14)18;1-14-17(19-9-5-6-12-21(19)2)11-10-16-13-15-7-3-4-8-18(15)20(14)16;1-14-11-19-16(12-15-7-3-4-8-17(15)19)13-18(14)20-9-5-6-10-21(20)2;1-14-11-16-12-15-7-3-4-8-17(15)19(16)13-18(14)20-9-5-6-10-21(20)2;12*1-2;;;/h2*3-12H,13H2,1-2H3;2*3-11,13H,12H2,1-2H3;12*1-2H3;3*1H4/q4*+1;;;;;;;;;;;;;;;. The summed E-state index contributed by atoms with van der Waals surface area (Å²) in [5.74, 6) is 0. The van der Waals surface area contributed by atoms with Gasteiger partial charge in [-0.3, -0.25) is 0 Å². The lowest BCUT2D eigenvalue weighted by Crippen LogP contribution is -2.30. The van der Waals surface area contributed by atoms with Gasteiger partial charge in [0.2, 0.25) is 22.8 Å². The molecule has 4 aliphatic rings. The van der Waals surface area contributed by atoms with E-state index in [-0.39, 0.29) is 22.3 Å². The lowest BCUT2D eigenvalue weighted by molar-refractivity contribution is -0.660. The second-order valence-electron chi connectivity index (χ2n) is 23.3. The average Bonchev–Trinajstić information content (AvgIpc) is 1.67. The van der Waals surface area contributed by atoms with E-state index < -0.39 is 0 Å². The van der Waals surface area contributed by atoms with E-state index in [0.717, 1.165) is 25.7 Å². The van der Waals surface area contributed by atoms with Gasteiger partial charge in [-0.25, -0.2) is 18.3 Å². The van der Waals surface area contributed by atoms with Crippen molar-refractivity contribution in [2.24, 2.45) is 28.2 Å². The number of fused-ring (bicyclic) bond motifs is 12. The summed E-state index contributed by atoms with van der Waals surface area (Å²) in [4.78, 5) is 0. The fourth-order valence-corrected chi connectivity index (χ4v) is 13.7. The Morgan fingerprint density at radius 1 is 0.198 bits per heavy atom. The molecule has 0 spiro atoms. The van der Waals surface area contributed by atoms with Gasteiger partial charge < -0.3 is 0 Å². The number of hydrogen-bond acceptors (Lipinski definition) is 0. The third-order valence-corrected chi connectivity index (χ3v) is 18.1. The van der Waals surface area contributed by atoms with Gasteiger partial charge in [-0.15, -0.1) is 0 Å². The molecule has 4 heteroatoms. The highest BCUT2D eigenvalue weighted by Gasteiger charge is 2.27. The van der Waals surface area contributed by atoms with Crippen molar-refractivity contribution in [3.05, 3.63) is 310 Å². The Morgan fingerprint density at radius 3 is 0.865 bits per heavy atom. The first-order valence-electron chi connectivity index (χ1n) is 41.6. The van der Waals surface area contributed by atoms with Crippen LogP contribution in [0.5, 0.6) is 0 Å². The van der Waals surface area contributed by atoms with Crippen LogP contribution in [0, 0.1) is 27.7 Å². The molecule has 111 heavy (non-hydrogen) atoms. The second kappa shape index (κ2) is 58.3. The van der Waals surface area contributed by atoms with Crippen molar-refractivity contribution in [2.75, 3.05) is 0 Å². The molecule has 0 radical (unpaired) electrons. The molecule has 0 fully saturated rings. The summed E-state index contributed by atoms with van der Waals surface area (Å²) in [5, 5.41) is 0. The Morgan fingerprint density at radius 2 is 0.468 bits per heavy atom. The van der Waals surface area contributed by atoms with E-state index in [1.54, 1.807) is 0 Å². The van der Waals surface area contributed by atoms with Crippen molar-refractivity contribution >= 4 is 0 Å². The molecule has 0 N–H and O–H groups in total. The number of benzene rings is 8. The van der Waals surface area contributed by atoms with Gasteiger partial charge >= 0.3 is 0 Å². The molecule has 4 aliphatic carbocycles. The molecule has 0 aliphatic heterocycles. The van der Waals surface area contributed by atoms with Gasteiger partial charge in [-0.2, -0.15) is 0 Å². The predicted octanol–water partition coefficient (Wildman–Crippen LogP) is 30.5. The Bertz CT molecular complexity index is 4450. The highest BCUT2D eigenvalue weighted by molar-refractivity contribution is 5.86. The topological polar surface area (TPSA) is 15.5 Å². The summed E-state index contributed by atoms with van der Waals surface area (Å²) in [7, 11) is 8.43. The summed E-state index contributed by atoms with van der Waals surface area (Å²) in [5.41, 5.74) is 38.8. The molecule has 0 bridgehead atoms. The van der Waals surface area contributed by atoms with Crippen molar-refractivity contribution in [3.63, 3.8) is 0 Å². The fraction of sp³-hybridized carbons (Fsp3) is 0.364. The highest BCUT2D eigenvalue weighted by Crippen LogP contribution is 2.44. The molecule has 600 valence electrons. The van der Waals surface area contributed by atoms with E-state index >= 15 is 0 Å². The fourth-order valence-electron chi connectivity index (χ4n) is 13.7. The SMILES string of the molecule is C.C.C.CC.CC.CC.CC.CC.CC.CC.CC.CC.CC.CC.CC.Cc1c(-c2cccc[n+]2C)ccc2c1-c1ccccc1C2.Cc1c(-c2cccc[n+]2C)ccc2c1Cc1ccccc1-2.Cc1cc2c(cc1-c1cccc[n+]1C)-c1ccccc1C2.Cc1cc2c(cc1-c1cccc[n+]1C)Cc1ccccc1-2. The van der Waals surface area contributed by atoms with E-state index in [2.05, 4.69) is 317 Å². The summed E-state index contributed by atoms with van der Waals surface area (Å²) >= 11 is 0. The average molecular weight is 1500 g/mol. The smallest absolute Gasteiger partial charge is 0.201 e. The molecule has 4 nitrogen and oxygen atoms in total. The van der Waals surface area contributed by atoms with Crippen molar-refractivity contribution in [2.45, 2.75) is 242 Å². The third kappa shape index (κ3) is 26.2. The number of rotatable bonds is 4. The molecule has 0 amide bonds. The van der Waals surface area contributed by atoms with Crippen LogP contribution < -0.4 is 18.3 Å². The first-order valence-corrected chi connectivity index (χ1v) is 41.6. The number of hydrogen-bond donors (Lipinski definition) is 0. The summed E-state index contributed by atoms with van der Waals surface area (Å²) in [6.45, 7) is 56.9. The highest BCUT2D eigenvalue weighted by atomic mass is 14.9. The summed E-state index contributed by atoms with van der Waals surface area (Å²) in [6.07, 6.45) is 12.7. The first-order chi connectivity index (χ1) is 53.0. The Hall–Kier alpha value is -9.64. The maximum Gasteiger partial charge on any atom is 0.212 e. The van der Waals surface area contributed by atoms with Crippen LogP contribution >= 0.6 is 0 Å². The predicted molar refractivity (Wildman–Crippen MR) is 501 cm³/mol. The lowest BCUT2D eigenvalue weighted by Gasteiger charge is -2.10. The minimum atomic E-state index is 0. The van der Waals surface area contributed by atoms with Gasteiger partial charge in [0.05, 0.1) is 0 Å². The van der Waals surface area contributed by atoms with Crippen LogP contribution in [0.3, 0.4) is 0 Å². The second-order valence-corrected chi connectivity index (χ2v) is 23.3. The van der Waals surface area contributed by atoms with Crippen LogP contribution in [0.15, 0.2) is 243 Å². The van der Waals surface area contributed by atoms with E-state index in [4.69, 9.17) is 0 Å². The molecular weight excluding hydrogens is 1340 g/mol. The minimum absolute atomic E-state index is 0. The van der Waals surface area contributed by atoms with Gasteiger partial charge in [0.1, 0.15) is 28.2 Å². The van der Waals surface area contributed by atoms with Gasteiger partial charge in [-0.05, 0) is 213 Å². The molecule has 0 unspecified atom stereocenters. The lowest BCUT2D eigenvalue weighted by atomic mass is 9.94. The van der Waals surface area contributed by atoms with Crippen LogP contribution in [0.2, 0.25) is 0 Å². The largest absolute Gasteiger partial charge is 0.212 e. The number of pyridine rings is 4. The van der Waals surface area contributed by atoms with E-state index in [9.17, 15) is 0 Å². The molecule has 0 saturated carbocycles. The van der Waals surface area contributed by atoms with Gasteiger partial charge in [0.15, 0.2) is 24.8 Å². The molecular formula is C107H156N4+4. The molecule has 16 rings (SSSR count). The zero-order valence-electron chi connectivity index (χ0n) is 73.7. The van der Waals surface area contributed by atoms with Crippen LogP contribution in [-0.4, -0.2) is 0 Å². The quantitative estimate of drug-likeness (QED) is 0.156. The van der Waals surface area contributed by atoms with Crippen LogP contribution in [-0.2, 0) is 53.9 Å². The van der Waals surface area contributed by atoms with E-state index in [1.807, 2.05) is 166 Å². The molecule has 4 heterocycles. The van der Waals surface area contributed by atoms with E-state index in [0.29, 0.717) is 0 Å².